The van der Waals surface area contributed by atoms with Gasteiger partial charge >= 0.3 is 5.97 Å². The van der Waals surface area contributed by atoms with Gasteiger partial charge in [0.2, 0.25) is 0 Å². The molecule has 0 amide bonds. The van der Waals surface area contributed by atoms with Gasteiger partial charge in [0.15, 0.2) is 0 Å². The van der Waals surface area contributed by atoms with Crippen molar-refractivity contribution in [3.8, 4) is 0 Å². The summed E-state index contributed by atoms with van der Waals surface area (Å²) in [5.41, 5.74) is 7.28. The van der Waals surface area contributed by atoms with Crippen molar-refractivity contribution in [3.05, 3.63) is 22.7 Å². The third-order valence-corrected chi connectivity index (χ3v) is 3.62. The van der Waals surface area contributed by atoms with E-state index in [9.17, 15) is 4.79 Å². The second-order valence-electron chi connectivity index (χ2n) is 4.47. The summed E-state index contributed by atoms with van der Waals surface area (Å²) >= 11 is 6.26. The number of hydrogen-bond acceptors (Lipinski definition) is 4. The molecular formula is C14H21ClN2O2. The molecule has 0 aromatic heterocycles. The van der Waals surface area contributed by atoms with Crippen molar-refractivity contribution in [2.45, 2.75) is 32.7 Å². The van der Waals surface area contributed by atoms with Gasteiger partial charge in [0.05, 0.1) is 23.4 Å². The predicted octanol–water partition coefficient (Wildman–Crippen LogP) is 3.33. The summed E-state index contributed by atoms with van der Waals surface area (Å²) in [4.78, 5) is 13.9. The van der Waals surface area contributed by atoms with E-state index in [4.69, 9.17) is 22.1 Å². The van der Waals surface area contributed by atoms with Gasteiger partial charge in [-0.15, -0.1) is 0 Å². The smallest absolute Gasteiger partial charge is 0.340 e. The Balaban J connectivity index is 3.35. The molecule has 0 spiro atoms. The Bertz CT molecular complexity index is 459. The topological polar surface area (TPSA) is 55.6 Å². The molecule has 0 heterocycles. The molecule has 0 radical (unpaired) electrons. The first-order chi connectivity index (χ1) is 8.96. The molecule has 0 saturated heterocycles. The number of nitrogens with two attached hydrogens (primary N) is 1. The number of anilines is 2. The molecule has 0 bridgehead atoms. The second-order valence-corrected chi connectivity index (χ2v) is 4.88. The number of methoxy groups -OCH3 is 1. The van der Waals surface area contributed by atoms with Crippen molar-refractivity contribution in [1.82, 2.24) is 0 Å². The fourth-order valence-corrected chi connectivity index (χ4v) is 2.62. The summed E-state index contributed by atoms with van der Waals surface area (Å²) in [5, 5.41) is 0.467. The number of carbonyl (C=O) groups is 1. The molecule has 0 saturated carbocycles. The molecule has 0 unspecified atom stereocenters. The molecule has 0 atom stereocenters. The second kappa shape index (κ2) is 6.66. The minimum absolute atomic E-state index is 0.310. The summed E-state index contributed by atoms with van der Waals surface area (Å²) in [7, 11) is 3.28. The Kier molecular flexibility index (Phi) is 5.48. The van der Waals surface area contributed by atoms with Crippen LogP contribution >= 0.6 is 11.6 Å². The lowest BCUT2D eigenvalue weighted by Gasteiger charge is -2.30. The number of halogens is 1. The van der Waals surface area contributed by atoms with Crippen molar-refractivity contribution in [1.29, 1.82) is 0 Å². The maximum atomic E-state index is 11.9. The molecule has 1 aromatic rings. The van der Waals surface area contributed by atoms with E-state index >= 15 is 0 Å². The fourth-order valence-electron chi connectivity index (χ4n) is 2.26. The third kappa shape index (κ3) is 3.32. The average molecular weight is 285 g/mol. The summed E-state index contributed by atoms with van der Waals surface area (Å²) < 4.78 is 4.80. The molecule has 0 aliphatic carbocycles. The van der Waals surface area contributed by atoms with Crippen LogP contribution in [0.4, 0.5) is 11.4 Å². The fraction of sp³-hybridized carbons (Fsp3) is 0.500. The molecule has 4 nitrogen and oxygen atoms in total. The molecule has 0 fully saturated rings. The Morgan fingerprint density at radius 3 is 2.47 bits per heavy atom. The van der Waals surface area contributed by atoms with Crippen molar-refractivity contribution in [2.75, 3.05) is 24.8 Å². The van der Waals surface area contributed by atoms with E-state index in [0.717, 1.165) is 12.8 Å². The van der Waals surface area contributed by atoms with Crippen LogP contribution in [-0.2, 0) is 4.74 Å². The molecule has 0 aliphatic heterocycles. The number of benzene rings is 1. The van der Waals surface area contributed by atoms with Crippen LogP contribution in [0.2, 0.25) is 5.02 Å². The van der Waals surface area contributed by atoms with Gasteiger partial charge in [-0.3, -0.25) is 0 Å². The lowest BCUT2D eigenvalue weighted by atomic mass is 10.1. The minimum Gasteiger partial charge on any atom is -0.465 e. The third-order valence-electron chi connectivity index (χ3n) is 3.33. The maximum Gasteiger partial charge on any atom is 0.340 e. The largest absolute Gasteiger partial charge is 0.465 e. The molecule has 106 valence electrons. The molecule has 2 N–H and O–H groups in total. The standard InChI is InChI=1S/C14H21ClN2O2/c1-5-10(6-2)17(3)13-11(14(18)19-4)7-9(16)8-12(13)15/h7-8,10H,5-6,16H2,1-4H3. The normalized spacial score (nSPS) is 10.6. The highest BCUT2D eigenvalue weighted by Gasteiger charge is 2.22. The number of nitrogens with zero attached hydrogens (tertiary/aromatic N) is 1. The first kappa shape index (κ1) is 15.6. The number of hydrogen-bond donors (Lipinski definition) is 1. The maximum absolute atomic E-state index is 11.9. The minimum atomic E-state index is -0.429. The zero-order chi connectivity index (χ0) is 14.6. The highest BCUT2D eigenvalue weighted by molar-refractivity contribution is 6.34. The van der Waals surface area contributed by atoms with Crippen LogP contribution in [0, 0.1) is 0 Å². The van der Waals surface area contributed by atoms with E-state index in [0.29, 0.717) is 28.0 Å². The predicted molar refractivity (Wildman–Crippen MR) is 80.0 cm³/mol. The lowest BCUT2D eigenvalue weighted by Crippen LogP contribution is -2.32. The Morgan fingerprint density at radius 1 is 1.42 bits per heavy atom. The van der Waals surface area contributed by atoms with Crippen LogP contribution in [-0.4, -0.2) is 26.2 Å². The zero-order valence-electron chi connectivity index (χ0n) is 11.9. The van der Waals surface area contributed by atoms with E-state index in [1.54, 1.807) is 12.1 Å². The van der Waals surface area contributed by atoms with Gasteiger partial charge in [0.25, 0.3) is 0 Å². The summed E-state index contributed by atoms with van der Waals surface area (Å²) in [5.74, 6) is -0.429. The molecule has 0 aliphatic rings. The van der Waals surface area contributed by atoms with Gasteiger partial charge < -0.3 is 15.4 Å². The summed E-state index contributed by atoms with van der Waals surface area (Å²) in [6, 6.07) is 3.57. The Morgan fingerprint density at radius 2 is 2.00 bits per heavy atom. The highest BCUT2D eigenvalue weighted by atomic mass is 35.5. The van der Waals surface area contributed by atoms with E-state index in [-0.39, 0.29) is 0 Å². The average Bonchev–Trinajstić information content (AvgIpc) is 2.38. The number of esters is 1. The Hall–Kier alpha value is -1.42. The number of carbonyl (C=O) groups excluding carboxylic acids is 1. The van der Waals surface area contributed by atoms with Crippen LogP contribution in [0.1, 0.15) is 37.0 Å². The first-order valence-corrected chi connectivity index (χ1v) is 6.74. The molecule has 5 heteroatoms. The molecular weight excluding hydrogens is 264 g/mol. The van der Waals surface area contributed by atoms with Crippen LogP contribution < -0.4 is 10.6 Å². The van der Waals surface area contributed by atoms with Crippen molar-refractivity contribution >= 4 is 28.9 Å². The molecule has 1 rings (SSSR count). The SMILES string of the molecule is CCC(CC)N(C)c1c(Cl)cc(N)cc1C(=O)OC. The van der Waals surface area contributed by atoms with E-state index in [2.05, 4.69) is 13.8 Å². The highest BCUT2D eigenvalue weighted by Crippen LogP contribution is 2.34. The van der Waals surface area contributed by atoms with Gasteiger partial charge in [-0.1, -0.05) is 25.4 Å². The van der Waals surface area contributed by atoms with Crippen molar-refractivity contribution in [2.24, 2.45) is 0 Å². The Labute approximate surface area is 119 Å². The van der Waals surface area contributed by atoms with Gasteiger partial charge in [0.1, 0.15) is 0 Å². The molecule has 19 heavy (non-hydrogen) atoms. The van der Waals surface area contributed by atoms with Crippen LogP contribution in [0.15, 0.2) is 12.1 Å². The lowest BCUT2D eigenvalue weighted by molar-refractivity contribution is 0.0601. The van der Waals surface area contributed by atoms with Gasteiger partial charge in [-0.2, -0.15) is 0 Å². The molecule has 1 aromatic carbocycles. The van der Waals surface area contributed by atoms with Crippen molar-refractivity contribution in [3.63, 3.8) is 0 Å². The number of ether oxygens (including phenoxy) is 1. The van der Waals surface area contributed by atoms with Crippen LogP contribution in [0.5, 0.6) is 0 Å². The van der Waals surface area contributed by atoms with Gasteiger partial charge in [0, 0.05) is 18.8 Å². The van der Waals surface area contributed by atoms with E-state index in [1.165, 1.54) is 7.11 Å². The summed E-state index contributed by atoms with van der Waals surface area (Å²) in [6.45, 7) is 4.21. The monoisotopic (exact) mass is 284 g/mol. The van der Waals surface area contributed by atoms with Gasteiger partial charge in [-0.05, 0) is 25.0 Å². The zero-order valence-corrected chi connectivity index (χ0v) is 12.6. The van der Waals surface area contributed by atoms with Crippen LogP contribution in [0.25, 0.3) is 0 Å². The van der Waals surface area contributed by atoms with Crippen LogP contribution in [0.3, 0.4) is 0 Å². The number of nitrogen functional groups attached to an aromatic ring is 1. The van der Waals surface area contributed by atoms with E-state index < -0.39 is 5.97 Å². The van der Waals surface area contributed by atoms with E-state index in [1.807, 2.05) is 11.9 Å². The van der Waals surface area contributed by atoms with Crippen molar-refractivity contribution < 1.29 is 9.53 Å². The van der Waals surface area contributed by atoms with Gasteiger partial charge in [-0.25, -0.2) is 4.79 Å². The quantitative estimate of drug-likeness (QED) is 0.665. The first-order valence-electron chi connectivity index (χ1n) is 6.36. The summed E-state index contributed by atoms with van der Waals surface area (Å²) in [6.07, 6.45) is 1.93. The number of rotatable bonds is 5.